The number of hydrogen-bond donors (Lipinski definition) is 18. The molecule has 0 spiro atoms. The van der Waals surface area contributed by atoms with E-state index in [9.17, 15) is 114 Å². The number of unbranched alkanes of at least 4 members (excludes halogenated alkanes) is 25. The molecule has 0 bridgehead atoms. The van der Waals surface area contributed by atoms with Crippen LogP contribution in [0.4, 0.5) is 0 Å². The van der Waals surface area contributed by atoms with Gasteiger partial charge in [-0.3, -0.25) is 19.3 Å². The Morgan fingerprint density at radius 3 is 1.45 bits per heavy atom. The molecular weight excluding hydrogens is 1540 g/mol. The van der Waals surface area contributed by atoms with E-state index in [0.717, 1.165) is 71.6 Å². The maximum Gasteiger partial charge on any atom is 1.00 e. The summed E-state index contributed by atoms with van der Waals surface area (Å²) in [6.07, 6.45) is -18.5. The molecule has 5 fully saturated rings. The second kappa shape index (κ2) is 55.5. The molecule has 5 heterocycles. The minimum absolute atomic E-state index is 0. The van der Waals surface area contributed by atoms with Crippen LogP contribution in [-0.2, 0) is 71.5 Å². The van der Waals surface area contributed by atoms with Gasteiger partial charge in [0.1, 0.15) is 122 Å². The van der Waals surface area contributed by atoms with Crippen molar-refractivity contribution in [1.82, 2.24) is 5.32 Å². The third-order valence-corrected chi connectivity index (χ3v) is 21.1. The number of aliphatic hydroxyl groups is 15. The van der Waals surface area contributed by atoms with Crippen molar-refractivity contribution in [3.05, 3.63) is 12.2 Å². The van der Waals surface area contributed by atoms with Gasteiger partial charge >= 0.3 is 75.5 Å². The van der Waals surface area contributed by atoms with Gasteiger partial charge in [0.05, 0.1) is 57.9 Å². The van der Waals surface area contributed by atoms with Crippen molar-refractivity contribution in [3.63, 3.8) is 0 Å². The molecule has 0 unspecified atom stereocenters. The predicted molar refractivity (Wildman–Crippen MR) is 387 cm³/mol. The van der Waals surface area contributed by atoms with Crippen LogP contribution in [0.3, 0.4) is 0 Å². The Morgan fingerprint density at radius 1 is 0.549 bits per heavy atom. The zero-order valence-corrected chi connectivity index (χ0v) is 71.2. The quantitative estimate of drug-likeness (QED) is 0.00672. The standard InChI is InChI=1S/C73H131N3O34S.2Na/c1-5-7-9-11-13-15-17-19-20-22-24-26-28-30-32-34-52(86)76-44(45(83)33-31-29-27-25-23-21-18-16-14-12-10-8-6-2)40-100-69-60(92)59(91)63(50(39-80)104-69)106-70-61(93)66(56(88)48(37-78)102-70)108-68-54(75-43(4)82)58(90)64(51(105-68)41-101-111(97,98)99)107-71-62(94)67(57(89)49(38-79)103-71)110-73(72(95)96)35-46(84)53(74-42(3)81)65(109-73)55(87)47(85)36-77;;/h31,33,44-51,53-71,77-80,83-85,87-94H,5-30,32,34-41H2,1-4H3,(H,74,81)(H,75,82)(H,76,86)(H,95,96)(H,97,98,99);;/q;2*+1/p-2/b33-31+;;/t44-,45+,46-,47+,48+,49+,50+,51+,53+,54+,55+,56-,57-,58+,59+,60+,61+,62+,63+,64+,65+,66-,67-,68-,69+,70-,71-,73-;;/m0../s1. The van der Waals surface area contributed by atoms with Crippen LogP contribution < -0.4 is 74.6 Å². The molecule has 648 valence electrons. The predicted octanol–water partition coefficient (Wildman–Crippen LogP) is -7.92. The molecule has 0 aliphatic carbocycles. The molecule has 0 aromatic heterocycles. The summed E-state index contributed by atoms with van der Waals surface area (Å²) in [5, 5.41) is 206. The Hall–Kier alpha value is -1.51. The number of nitrogens with zero attached hydrogens (tertiary/aromatic N) is 2. The number of aliphatic hydroxyl groups excluding tert-OH is 15. The molecule has 113 heavy (non-hydrogen) atoms. The SMILES string of the molecule is CCCCCCCCCCCCC/C=C/[C@@H](O)[C@H](CO[C@@H]1O[C@H](CO)[C@@H](O[C@@H]2O[C@H](CO)[C@H](O)[C@H](O[C@@H]3O[C@H](COS(=O)(=O)O)[C@@H](O[C@@H]4O[C@H](CO)[C@H](O)[C@H](O[C@]5(C(=O)O)C[C@H](O)[C@@H](N=C(C)[O-])[C@H]([C@H](O)[C@H](O)CO)O5)[C@H]4O)[C@H](O)[C@H]3N=C(C)[O-])[C@H]2O)[C@H](O)[C@H]1O)NC(=O)CCCCCCCCCCCCCCCCC.[Na+].[Na+]. The Bertz CT molecular complexity index is 2810. The Morgan fingerprint density at radius 2 is 0.982 bits per heavy atom. The first-order valence-corrected chi connectivity index (χ1v) is 41.0. The molecule has 0 saturated carbocycles. The summed E-state index contributed by atoms with van der Waals surface area (Å²) >= 11 is 0. The van der Waals surface area contributed by atoms with Gasteiger partial charge in [0, 0.05) is 12.8 Å². The normalized spacial score (nSPS) is 33.8. The average molecular weight is 1670 g/mol. The minimum atomic E-state index is -5.49. The number of nitrogens with one attached hydrogen (secondary N) is 1. The van der Waals surface area contributed by atoms with Crippen LogP contribution in [0.1, 0.15) is 214 Å². The minimum Gasteiger partial charge on any atom is -0.862 e. The number of carboxylic acids is 1. The number of hydrogen-bond acceptors (Lipinski definition) is 34. The average Bonchev–Trinajstić information content (AvgIpc) is 0.755. The van der Waals surface area contributed by atoms with E-state index in [4.69, 9.17) is 47.4 Å². The number of carboxylic acid groups (broad SMARTS) is 1. The van der Waals surface area contributed by atoms with E-state index >= 15 is 0 Å². The summed E-state index contributed by atoms with van der Waals surface area (Å²) in [4.78, 5) is 34.2. The molecule has 5 aliphatic heterocycles. The zero-order valence-electron chi connectivity index (χ0n) is 66.3. The van der Waals surface area contributed by atoms with E-state index in [1.165, 1.54) is 103 Å². The topological polar surface area (TPSA) is 597 Å². The van der Waals surface area contributed by atoms with Gasteiger partial charge in [0.15, 0.2) is 25.2 Å². The molecule has 40 heteroatoms. The van der Waals surface area contributed by atoms with Crippen molar-refractivity contribution >= 4 is 34.1 Å². The molecule has 18 N–H and O–H groups in total. The van der Waals surface area contributed by atoms with Crippen LogP contribution in [0.2, 0.25) is 0 Å². The maximum atomic E-state index is 13.5. The van der Waals surface area contributed by atoms with Crippen LogP contribution >= 0.6 is 0 Å². The van der Waals surface area contributed by atoms with E-state index in [0.29, 0.717) is 12.8 Å². The fraction of sp³-hybridized carbons (Fsp3) is 0.918. The van der Waals surface area contributed by atoms with Crippen LogP contribution in [-0.4, -0.2) is 329 Å². The number of ether oxygens (including phenoxy) is 10. The number of allylic oxidation sites excluding steroid dienone is 1. The van der Waals surface area contributed by atoms with Gasteiger partial charge in [0.2, 0.25) is 5.91 Å². The van der Waals surface area contributed by atoms with Crippen molar-refractivity contribution in [3.8, 4) is 0 Å². The van der Waals surface area contributed by atoms with Gasteiger partial charge in [-0.25, -0.2) is 8.98 Å². The first kappa shape index (κ1) is 106. The van der Waals surface area contributed by atoms with Crippen molar-refractivity contribution in [2.24, 2.45) is 9.98 Å². The first-order valence-electron chi connectivity index (χ1n) is 39.6. The summed E-state index contributed by atoms with van der Waals surface area (Å²) in [6.45, 7) is -0.229. The third kappa shape index (κ3) is 34.4. The molecular formula is C73H129N3Na2O34S. The Kier molecular flexibility index (Phi) is 51.9. The Balaban J connectivity index is 0.0000165. The molecule has 5 aliphatic rings. The van der Waals surface area contributed by atoms with Crippen molar-refractivity contribution < 1.29 is 225 Å². The van der Waals surface area contributed by atoms with Gasteiger partial charge in [-0.05, 0) is 44.9 Å². The first-order chi connectivity index (χ1) is 52.9. The second-order valence-corrected chi connectivity index (χ2v) is 30.7. The van der Waals surface area contributed by atoms with Gasteiger partial charge in [-0.2, -0.15) is 8.42 Å². The molecule has 37 nitrogen and oxygen atoms in total. The molecule has 5 saturated heterocycles. The van der Waals surface area contributed by atoms with Crippen LogP contribution in [0.25, 0.3) is 0 Å². The summed E-state index contributed by atoms with van der Waals surface area (Å²) in [6, 6.07) is -5.12. The smallest absolute Gasteiger partial charge is 0.862 e. The number of amides is 1. The summed E-state index contributed by atoms with van der Waals surface area (Å²) in [7, 11) is -5.49. The van der Waals surface area contributed by atoms with Crippen LogP contribution in [0.15, 0.2) is 22.1 Å². The van der Waals surface area contributed by atoms with E-state index in [1.807, 2.05) is 6.08 Å². The Labute approximate surface area is 706 Å². The van der Waals surface area contributed by atoms with Gasteiger partial charge < -0.3 is 145 Å². The zero-order chi connectivity index (χ0) is 82.0. The fourth-order valence-corrected chi connectivity index (χ4v) is 14.6. The van der Waals surface area contributed by atoms with E-state index in [1.54, 1.807) is 6.08 Å². The maximum absolute atomic E-state index is 13.5. The van der Waals surface area contributed by atoms with Crippen LogP contribution in [0.5, 0.6) is 0 Å². The number of rotatable bonds is 54. The third-order valence-electron chi connectivity index (χ3n) is 20.6. The molecule has 28 atom stereocenters. The van der Waals surface area contributed by atoms with E-state index < -0.39 is 245 Å². The van der Waals surface area contributed by atoms with Crippen molar-refractivity contribution in [2.75, 3.05) is 39.6 Å². The number of aliphatic carboxylic acids is 1. The van der Waals surface area contributed by atoms with Gasteiger partial charge in [-0.1, -0.05) is 180 Å². The van der Waals surface area contributed by atoms with Gasteiger partial charge in [0.25, 0.3) is 5.79 Å². The van der Waals surface area contributed by atoms with E-state index in [-0.39, 0.29) is 71.4 Å². The van der Waals surface area contributed by atoms with Crippen LogP contribution in [0, 0.1) is 0 Å². The molecule has 1 amide bonds. The molecule has 0 aromatic rings. The summed E-state index contributed by atoms with van der Waals surface area (Å²) in [5.41, 5.74) is 0. The largest absolute Gasteiger partial charge is 1.00 e. The van der Waals surface area contributed by atoms with Crippen molar-refractivity contribution in [1.29, 1.82) is 0 Å². The number of aliphatic imine (C=N–C) groups is 2. The monoisotopic (exact) mass is 1670 g/mol. The second-order valence-electron chi connectivity index (χ2n) is 29.6. The molecule has 0 aromatic carbocycles. The van der Waals surface area contributed by atoms with Crippen molar-refractivity contribution in [2.45, 2.75) is 385 Å². The van der Waals surface area contributed by atoms with E-state index in [2.05, 4.69) is 33.3 Å². The summed E-state index contributed by atoms with van der Waals surface area (Å²) in [5.74, 6) is -7.93. The fourth-order valence-electron chi connectivity index (χ4n) is 14.3. The number of carbonyl (C=O) groups excluding carboxylic acids is 1. The molecule has 5 rings (SSSR count). The summed E-state index contributed by atoms with van der Waals surface area (Å²) < 4.78 is 97.0. The van der Waals surface area contributed by atoms with Gasteiger partial charge in [-0.15, -0.1) is 0 Å². The number of carbonyl (C=O) groups is 2. The molecule has 0 radical (unpaired) electrons.